The van der Waals surface area contributed by atoms with Crippen LogP contribution in [0.1, 0.15) is 47.4 Å². The summed E-state index contributed by atoms with van der Waals surface area (Å²) in [7, 11) is 0. The molecule has 0 radical (unpaired) electrons. The van der Waals surface area contributed by atoms with Crippen LogP contribution in [0.5, 0.6) is 0 Å². The Balaban J connectivity index is 1.57. The third-order valence-electron chi connectivity index (χ3n) is 6.81. The number of benzene rings is 2. The zero-order valence-electron chi connectivity index (χ0n) is 19.4. The van der Waals surface area contributed by atoms with Crippen LogP contribution in [0.2, 0.25) is 10.0 Å². The van der Waals surface area contributed by atoms with Crippen molar-refractivity contribution in [3.05, 3.63) is 68.7 Å². The zero-order chi connectivity index (χ0) is 28.0. The van der Waals surface area contributed by atoms with E-state index in [1.807, 2.05) is 0 Å². The number of likely N-dealkylation sites (tertiary alicyclic amines) is 1. The molecule has 0 bridgehead atoms. The first-order valence-corrected chi connectivity index (χ1v) is 12.2. The van der Waals surface area contributed by atoms with E-state index in [0.717, 1.165) is 0 Å². The number of carbonyl (C=O) groups excluding carboxylic acids is 1. The highest BCUT2D eigenvalue weighted by molar-refractivity contribution is 6.42. The van der Waals surface area contributed by atoms with E-state index in [9.17, 15) is 41.0 Å². The number of rotatable bonds is 4. The molecule has 2 aromatic rings. The molecule has 3 N–H and O–H groups in total. The fourth-order valence-corrected chi connectivity index (χ4v) is 4.95. The lowest BCUT2D eigenvalue weighted by Crippen LogP contribution is -2.54. The minimum Gasteiger partial charge on any atom is -0.465 e. The fraction of sp³-hybridized carbons (Fsp3) is 0.417. The Hall–Kier alpha value is -2.86. The van der Waals surface area contributed by atoms with Gasteiger partial charge in [-0.15, -0.1) is 0 Å². The molecule has 1 heterocycles. The molecule has 0 aromatic heterocycles. The summed E-state index contributed by atoms with van der Waals surface area (Å²) in [6, 6.07) is 4.59. The van der Waals surface area contributed by atoms with Gasteiger partial charge < -0.3 is 20.6 Å². The summed E-state index contributed by atoms with van der Waals surface area (Å²) in [5, 5.41) is 15.2. The number of alkyl halides is 6. The number of hydrogen-bond donors (Lipinski definition) is 3. The van der Waals surface area contributed by atoms with Gasteiger partial charge in [-0.1, -0.05) is 29.3 Å². The van der Waals surface area contributed by atoms with E-state index in [-0.39, 0.29) is 54.0 Å². The van der Waals surface area contributed by atoms with Crippen molar-refractivity contribution in [2.24, 2.45) is 0 Å². The first-order chi connectivity index (χ1) is 17.6. The Labute approximate surface area is 222 Å². The van der Waals surface area contributed by atoms with Crippen LogP contribution in [-0.2, 0) is 17.9 Å². The minimum atomic E-state index is -5.01. The van der Waals surface area contributed by atoms with Gasteiger partial charge in [0.15, 0.2) is 0 Å². The molecule has 206 valence electrons. The lowest BCUT2D eigenvalue weighted by Gasteiger charge is -2.38. The van der Waals surface area contributed by atoms with Crippen molar-refractivity contribution in [3.63, 3.8) is 0 Å². The van der Waals surface area contributed by atoms with Crippen LogP contribution in [0.25, 0.3) is 0 Å². The summed E-state index contributed by atoms with van der Waals surface area (Å²) in [5.74, 6) is -0.541. The van der Waals surface area contributed by atoms with Crippen LogP contribution in [0.3, 0.4) is 0 Å². The van der Waals surface area contributed by atoms with E-state index in [1.54, 1.807) is 12.1 Å². The second-order valence-electron chi connectivity index (χ2n) is 9.38. The number of nitrogens with zero attached hydrogens (tertiary/aromatic N) is 1. The van der Waals surface area contributed by atoms with Crippen molar-refractivity contribution in [1.82, 2.24) is 15.5 Å². The van der Waals surface area contributed by atoms with E-state index in [0.29, 0.717) is 17.7 Å². The first-order valence-electron chi connectivity index (χ1n) is 11.4. The van der Waals surface area contributed by atoms with E-state index < -0.39 is 53.1 Å². The molecule has 1 saturated carbocycles. The van der Waals surface area contributed by atoms with Gasteiger partial charge in [0, 0.05) is 25.0 Å². The molecular weight excluding hydrogens is 563 g/mol. The van der Waals surface area contributed by atoms with Gasteiger partial charge in [-0.05, 0) is 60.7 Å². The summed E-state index contributed by atoms with van der Waals surface area (Å²) >= 11 is 12.1. The van der Waals surface area contributed by atoms with Gasteiger partial charge in [-0.25, -0.2) is 9.59 Å². The molecule has 1 aliphatic carbocycles. The molecule has 0 spiro atoms. The van der Waals surface area contributed by atoms with Crippen LogP contribution < -0.4 is 10.6 Å². The summed E-state index contributed by atoms with van der Waals surface area (Å²) in [6.45, 7) is 0.123. The largest absolute Gasteiger partial charge is 0.465 e. The lowest BCUT2D eigenvalue weighted by molar-refractivity contribution is -0.143. The second-order valence-corrected chi connectivity index (χ2v) is 10.2. The quantitative estimate of drug-likeness (QED) is 0.344. The standard InChI is InChI=1S/C24H21Cl2F6N3O3/c25-17-2-1-12(7-18(17)26)16-11-35(21(37)38)6-3-19(16)33-20(36)34-22(4-5-22)13-8-14(23(27,28)29)10-15(9-13)24(30,31)32/h1-2,7-10,16,19H,3-6,11H2,(H,37,38)(H2,33,34,36)/t16-,19+/m0/s1. The number of carbonyl (C=O) groups is 2. The van der Waals surface area contributed by atoms with Crippen LogP contribution >= 0.6 is 23.2 Å². The fourth-order valence-electron chi connectivity index (χ4n) is 4.64. The highest BCUT2D eigenvalue weighted by atomic mass is 35.5. The van der Waals surface area contributed by atoms with E-state index >= 15 is 0 Å². The minimum absolute atomic E-state index is 0.0198. The molecule has 0 unspecified atom stereocenters. The van der Waals surface area contributed by atoms with E-state index in [1.165, 1.54) is 11.0 Å². The average Bonchev–Trinajstić information content (AvgIpc) is 3.60. The predicted octanol–water partition coefficient (Wildman–Crippen LogP) is 6.86. The molecule has 2 aliphatic rings. The number of piperidine rings is 1. The maximum Gasteiger partial charge on any atom is 0.416 e. The molecule has 6 nitrogen and oxygen atoms in total. The van der Waals surface area contributed by atoms with Gasteiger partial charge in [0.25, 0.3) is 0 Å². The molecule has 2 atom stereocenters. The highest BCUT2D eigenvalue weighted by Gasteiger charge is 2.49. The van der Waals surface area contributed by atoms with Gasteiger partial charge >= 0.3 is 24.5 Å². The van der Waals surface area contributed by atoms with Crippen molar-refractivity contribution in [3.8, 4) is 0 Å². The number of nitrogens with one attached hydrogen (secondary N) is 2. The van der Waals surface area contributed by atoms with Crippen LogP contribution in [0, 0.1) is 0 Å². The van der Waals surface area contributed by atoms with Gasteiger partial charge in [0.1, 0.15) is 0 Å². The maximum atomic E-state index is 13.3. The number of amides is 3. The summed E-state index contributed by atoms with van der Waals surface area (Å²) in [5.41, 5.74) is -4.01. The van der Waals surface area contributed by atoms with Crippen molar-refractivity contribution in [2.75, 3.05) is 13.1 Å². The van der Waals surface area contributed by atoms with Crippen LogP contribution in [0.4, 0.5) is 35.9 Å². The molecule has 38 heavy (non-hydrogen) atoms. The van der Waals surface area contributed by atoms with Crippen molar-refractivity contribution in [1.29, 1.82) is 0 Å². The Morgan fingerprint density at radius 2 is 1.55 bits per heavy atom. The lowest BCUT2D eigenvalue weighted by atomic mass is 9.86. The number of halogens is 8. The number of carboxylic acid groups (broad SMARTS) is 1. The monoisotopic (exact) mass is 583 g/mol. The van der Waals surface area contributed by atoms with Gasteiger partial charge in [-0.2, -0.15) is 26.3 Å². The summed E-state index contributed by atoms with van der Waals surface area (Å²) in [6.07, 6.45) is -10.7. The van der Waals surface area contributed by atoms with Crippen molar-refractivity contribution < 1.29 is 41.0 Å². The zero-order valence-corrected chi connectivity index (χ0v) is 20.9. The SMILES string of the molecule is O=C(N[C@@H]1CCN(C(=O)O)C[C@H]1c1ccc(Cl)c(Cl)c1)NC1(c2cc(C(F)(F)F)cc(C(F)(F)F)c2)CC1. The molecule has 1 aliphatic heterocycles. The topological polar surface area (TPSA) is 81.7 Å². The number of hydrogen-bond acceptors (Lipinski definition) is 2. The van der Waals surface area contributed by atoms with Crippen LogP contribution in [-0.4, -0.2) is 41.3 Å². The molecule has 3 amide bonds. The van der Waals surface area contributed by atoms with Crippen molar-refractivity contribution >= 4 is 35.3 Å². The third kappa shape index (κ3) is 6.06. The molecule has 2 aromatic carbocycles. The molecule has 4 rings (SSSR count). The van der Waals surface area contributed by atoms with Gasteiger partial charge in [0.05, 0.1) is 26.7 Å². The van der Waals surface area contributed by atoms with Crippen molar-refractivity contribution in [2.45, 2.75) is 49.1 Å². The third-order valence-corrected chi connectivity index (χ3v) is 7.55. The summed E-state index contributed by atoms with van der Waals surface area (Å²) < 4.78 is 80.0. The molecule has 1 saturated heterocycles. The molecular formula is C24H21Cl2F6N3O3. The van der Waals surface area contributed by atoms with E-state index in [2.05, 4.69) is 10.6 Å². The highest BCUT2D eigenvalue weighted by Crippen LogP contribution is 2.48. The van der Waals surface area contributed by atoms with E-state index in [4.69, 9.17) is 23.2 Å². The number of urea groups is 1. The first kappa shape index (κ1) is 28.2. The van der Waals surface area contributed by atoms with Gasteiger partial charge in [-0.3, -0.25) is 0 Å². The Morgan fingerprint density at radius 3 is 2.05 bits per heavy atom. The van der Waals surface area contributed by atoms with Crippen LogP contribution in [0.15, 0.2) is 36.4 Å². The summed E-state index contributed by atoms with van der Waals surface area (Å²) in [4.78, 5) is 25.7. The molecule has 14 heteroatoms. The Morgan fingerprint density at radius 1 is 0.947 bits per heavy atom. The normalized spacial score (nSPS) is 21.1. The Kier molecular flexibility index (Phi) is 7.43. The predicted molar refractivity (Wildman–Crippen MR) is 126 cm³/mol. The molecule has 2 fully saturated rings. The Bertz CT molecular complexity index is 1220. The maximum absolute atomic E-state index is 13.3. The average molecular weight is 584 g/mol. The second kappa shape index (κ2) is 10.0. The van der Waals surface area contributed by atoms with Gasteiger partial charge in [0.2, 0.25) is 0 Å². The smallest absolute Gasteiger partial charge is 0.416 e.